The SMILES string of the molecule is Cn1cc(C2(O)CCCC3CC32)nn1. The van der Waals surface area contributed by atoms with Crippen LogP contribution in [-0.4, -0.2) is 20.1 Å². The van der Waals surface area contributed by atoms with E-state index < -0.39 is 5.60 Å². The smallest absolute Gasteiger partial charge is 0.114 e. The summed E-state index contributed by atoms with van der Waals surface area (Å²) in [6.45, 7) is 0. The van der Waals surface area contributed by atoms with E-state index in [-0.39, 0.29) is 0 Å². The first-order chi connectivity index (χ1) is 6.70. The first-order valence-electron chi connectivity index (χ1n) is 5.29. The van der Waals surface area contributed by atoms with Crippen molar-refractivity contribution in [1.82, 2.24) is 15.0 Å². The van der Waals surface area contributed by atoms with Crippen molar-refractivity contribution in [3.05, 3.63) is 11.9 Å². The minimum absolute atomic E-state index is 0.452. The van der Waals surface area contributed by atoms with E-state index in [0.717, 1.165) is 24.5 Å². The highest BCUT2D eigenvalue weighted by Gasteiger charge is 2.56. The fourth-order valence-corrected chi connectivity index (χ4v) is 2.83. The van der Waals surface area contributed by atoms with Gasteiger partial charge in [-0.2, -0.15) is 0 Å². The number of aryl methyl sites for hydroxylation is 1. The fourth-order valence-electron chi connectivity index (χ4n) is 2.83. The van der Waals surface area contributed by atoms with Crippen molar-refractivity contribution in [3.63, 3.8) is 0 Å². The lowest BCUT2D eigenvalue weighted by Crippen LogP contribution is -2.32. The highest BCUT2D eigenvalue weighted by molar-refractivity contribution is 5.16. The van der Waals surface area contributed by atoms with Crippen LogP contribution in [0.2, 0.25) is 0 Å². The maximum absolute atomic E-state index is 10.6. The van der Waals surface area contributed by atoms with Gasteiger partial charge in [0.1, 0.15) is 11.3 Å². The van der Waals surface area contributed by atoms with Crippen LogP contribution in [0.4, 0.5) is 0 Å². The number of rotatable bonds is 1. The van der Waals surface area contributed by atoms with E-state index in [2.05, 4.69) is 10.3 Å². The van der Waals surface area contributed by atoms with Crippen molar-refractivity contribution in [1.29, 1.82) is 0 Å². The first-order valence-corrected chi connectivity index (χ1v) is 5.29. The lowest BCUT2D eigenvalue weighted by atomic mass is 9.82. The Labute approximate surface area is 82.9 Å². The van der Waals surface area contributed by atoms with E-state index in [1.807, 2.05) is 13.2 Å². The van der Waals surface area contributed by atoms with E-state index >= 15 is 0 Å². The molecule has 1 N–H and O–H groups in total. The molecule has 0 radical (unpaired) electrons. The van der Waals surface area contributed by atoms with Gasteiger partial charge in [0.15, 0.2) is 0 Å². The summed E-state index contributed by atoms with van der Waals surface area (Å²) in [5, 5.41) is 18.5. The zero-order valence-corrected chi connectivity index (χ0v) is 8.35. The molecule has 2 aliphatic carbocycles. The van der Waals surface area contributed by atoms with Gasteiger partial charge in [0.25, 0.3) is 0 Å². The lowest BCUT2D eigenvalue weighted by molar-refractivity contribution is -0.0201. The van der Waals surface area contributed by atoms with Gasteiger partial charge in [0, 0.05) is 7.05 Å². The molecule has 0 aliphatic heterocycles. The monoisotopic (exact) mass is 193 g/mol. The van der Waals surface area contributed by atoms with Gasteiger partial charge < -0.3 is 5.11 Å². The number of hydrogen-bond donors (Lipinski definition) is 1. The molecule has 76 valence electrons. The molecule has 3 atom stereocenters. The molecule has 2 fully saturated rings. The Hall–Kier alpha value is -0.900. The molecule has 3 rings (SSSR count). The Balaban J connectivity index is 1.95. The largest absolute Gasteiger partial charge is 0.383 e. The summed E-state index contributed by atoms with van der Waals surface area (Å²) in [5.41, 5.74) is 0.101. The van der Waals surface area contributed by atoms with Gasteiger partial charge in [-0.3, -0.25) is 4.68 Å². The molecule has 4 heteroatoms. The quantitative estimate of drug-likeness (QED) is 0.718. The van der Waals surface area contributed by atoms with E-state index in [1.165, 1.54) is 12.8 Å². The summed E-state index contributed by atoms with van der Waals surface area (Å²) >= 11 is 0. The number of aliphatic hydroxyl groups is 1. The molecule has 1 heterocycles. The topological polar surface area (TPSA) is 50.9 Å². The Morgan fingerprint density at radius 2 is 2.50 bits per heavy atom. The van der Waals surface area contributed by atoms with E-state index in [0.29, 0.717) is 5.92 Å². The minimum Gasteiger partial charge on any atom is -0.383 e. The van der Waals surface area contributed by atoms with Gasteiger partial charge >= 0.3 is 0 Å². The minimum atomic E-state index is -0.669. The average molecular weight is 193 g/mol. The molecule has 0 saturated heterocycles. The Morgan fingerprint density at radius 3 is 3.21 bits per heavy atom. The van der Waals surface area contributed by atoms with Crippen molar-refractivity contribution in [2.75, 3.05) is 0 Å². The molecule has 1 aromatic heterocycles. The Kier molecular flexibility index (Phi) is 1.54. The van der Waals surface area contributed by atoms with Gasteiger partial charge in [-0.05, 0) is 37.5 Å². The van der Waals surface area contributed by atoms with E-state index in [9.17, 15) is 5.11 Å². The highest BCUT2D eigenvalue weighted by atomic mass is 16.3. The normalized spacial score (nSPS) is 40.7. The maximum Gasteiger partial charge on any atom is 0.114 e. The van der Waals surface area contributed by atoms with Gasteiger partial charge in [0.2, 0.25) is 0 Å². The summed E-state index contributed by atoms with van der Waals surface area (Å²) < 4.78 is 1.67. The van der Waals surface area contributed by atoms with Crippen LogP contribution >= 0.6 is 0 Å². The molecule has 0 amide bonds. The van der Waals surface area contributed by atoms with Gasteiger partial charge in [-0.25, -0.2) is 0 Å². The predicted octanol–water partition coefficient (Wildman–Crippen LogP) is 0.823. The second-order valence-electron chi connectivity index (χ2n) is 4.70. The zero-order valence-electron chi connectivity index (χ0n) is 8.35. The summed E-state index contributed by atoms with van der Waals surface area (Å²) in [6.07, 6.45) is 6.28. The van der Waals surface area contributed by atoms with E-state index in [1.54, 1.807) is 4.68 Å². The molecule has 1 aromatic rings. The van der Waals surface area contributed by atoms with Crippen LogP contribution in [0.25, 0.3) is 0 Å². The number of aromatic nitrogens is 3. The molecule has 14 heavy (non-hydrogen) atoms. The summed E-state index contributed by atoms with van der Waals surface area (Å²) in [6, 6.07) is 0. The molecule has 4 nitrogen and oxygen atoms in total. The highest BCUT2D eigenvalue weighted by Crippen LogP contribution is 2.58. The molecule has 0 bridgehead atoms. The van der Waals surface area contributed by atoms with Crippen LogP contribution < -0.4 is 0 Å². The summed E-state index contributed by atoms with van der Waals surface area (Å²) in [4.78, 5) is 0. The third-order valence-electron chi connectivity index (χ3n) is 3.72. The molecule has 0 spiro atoms. The van der Waals surface area contributed by atoms with Crippen molar-refractivity contribution in [3.8, 4) is 0 Å². The van der Waals surface area contributed by atoms with Crippen LogP contribution in [0.1, 0.15) is 31.4 Å². The summed E-state index contributed by atoms with van der Waals surface area (Å²) in [7, 11) is 1.84. The first kappa shape index (κ1) is 8.41. The number of hydrogen-bond acceptors (Lipinski definition) is 3. The Bertz CT molecular complexity index is 362. The number of fused-ring (bicyclic) bond motifs is 1. The van der Waals surface area contributed by atoms with Crippen molar-refractivity contribution < 1.29 is 5.11 Å². The van der Waals surface area contributed by atoms with Gasteiger partial charge in [-0.15, -0.1) is 5.10 Å². The molecule has 0 aromatic carbocycles. The third-order valence-corrected chi connectivity index (χ3v) is 3.72. The van der Waals surface area contributed by atoms with Crippen molar-refractivity contribution in [2.45, 2.75) is 31.3 Å². The van der Waals surface area contributed by atoms with Crippen LogP contribution in [-0.2, 0) is 12.6 Å². The lowest BCUT2D eigenvalue weighted by Gasteiger charge is -2.29. The molecule has 2 aliphatic rings. The number of nitrogens with zero attached hydrogens (tertiary/aromatic N) is 3. The molecule has 3 unspecified atom stereocenters. The van der Waals surface area contributed by atoms with Gasteiger partial charge in [0.05, 0.1) is 6.20 Å². The molecular formula is C10H15N3O. The average Bonchev–Trinajstić information content (AvgIpc) is 2.83. The van der Waals surface area contributed by atoms with Crippen LogP contribution in [0.5, 0.6) is 0 Å². The fraction of sp³-hybridized carbons (Fsp3) is 0.800. The maximum atomic E-state index is 10.6. The van der Waals surface area contributed by atoms with Crippen molar-refractivity contribution >= 4 is 0 Å². The second-order valence-corrected chi connectivity index (χ2v) is 4.70. The van der Waals surface area contributed by atoms with Crippen molar-refractivity contribution in [2.24, 2.45) is 18.9 Å². The molecular weight excluding hydrogens is 178 g/mol. The van der Waals surface area contributed by atoms with Crippen LogP contribution in [0, 0.1) is 11.8 Å². The Morgan fingerprint density at radius 1 is 1.64 bits per heavy atom. The second kappa shape index (κ2) is 2.57. The zero-order chi connectivity index (χ0) is 9.76. The van der Waals surface area contributed by atoms with E-state index in [4.69, 9.17) is 0 Å². The third kappa shape index (κ3) is 1.03. The summed E-state index contributed by atoms with van der Waals surface area (Å²) in [5.74, 6) is 1.20. The van der Waals surface area contributed by atoms with Crippen LogP contribution in [0.3, 0.4) is 0 Å². The predicted molar refractivity (Wildman–Crippen MR) is 50.3 cm³/mol. The molecule has 2 saturated carbocycles. The van der Waals surface area contributed by atoms with Gasteiger partial charge in [-0.1, -0.05) is 5.21 Å². The van der Waals surface area contributed by atoms with Crippen LogP contribution in [0.15, 0.2) is 6.20 Å². The standard InChI is InChI=1S/C10H15N3O/c1-13-6-9(11-12-13)10(14)4-2-3-7-5-8(7)10/h6-8,14H,2-5H2,1H3.